The Bertz CT molecular complexity index is 1620. The van der Waals surface area contributed by atoms with Crippen molar-refractivity contribution in [2.45, 2.75) is 62.5 Å². The van der Waals surface area contributed by atoms with Gasteiger partial charge in [-0.2, -0.15) is 26.3 Å². The number of aryl methyl sites for hydroxylation is 2. The Balaban J connectivity index is 1.26. The van der Waals surface area contributed by atoms with Gasteiger partial charge in [0.2, 0.25) is 0 Å². The van der Waals surface area contributed by atoms with E-state index in [0.29, 0.717) is 55.3 Å². The van der Waals surface area contributed by atoms with Gasteiger partial charge in [-0.25, -0.2) is 4.79 Å². The zero-order chi connectivity index (χ0) is 34.7. The van der Waals surface area contributed by atoms with Crippen LogP contribution in [-0.4, -0.2) is 60.7 Å². The average molecular weight is 681 g/mol. The van der Waals surface area contributed by atoms with Crippen molar-refractivity contribution in [3.05, 3.63) is 89.0 Å². The Morgan fingerprint density at radius 2 is 1.56 bits per heavy atom. The highest BCUT2D eigenvalue weighted by Crippen LogP contribution is 2.50. The van der Waals surface area contributed by atoms with E-state index in [2.05, 4.69) is 5.32 Å². The third-order valence-corrected chi connectivity index (χ3v) is 8.60. The van der Waals surface area contributed by atoms with E-state index in [0.717, 1.165) is 16.5 Å². The average Bonchev–Trinajstić information content (AvgIpc) is 3.31. The number of urea groups is 1. The van der Waals surface area contributed by atoms with E-state index in [1.807, 2.05) is 0 Å². The molecule has 8 nitrogen and oxygen atoms in total. The number of unbranched alkanes of at least 4 members (excludes halogenated alkanes) is 1. The third kappa shape index (κ3) is 6.62. The number of alkyl halides is 6. The van der Waals surface area contributed by atoms with E-state index in [4.69, 9.17) is 14.2 Å². The molecule has 14 heteroatoms. The normalized spacial score (nSPS) is 18.2. The van der Waals surface area contributed by atoms with Gasteiger partial charge in [0, 0.05) is 12.1 Å². The van der Waals surface area contributed by atoms with E-state index in [-0.39, 0.29) is 43.7 Å². The Kier molecular flexibility index (Phi) is 9.86. The summed E-state index contributed by atoms with van der Waals surface area (Å²) in [7, 11) is 0. The van der Waals surface area contributed by atoms with Crippen LogP contribution in [0, 0.1) is 0 Å². The van der Waals surface area contributed by atoms with Crippen molar-refractivity contribution in [2.75, 3.05) is 26.4 Å². The molecule has 3 amide bonds. The fourth-order valence-corrected chi connectivity index (χ4v) is 5.88. The summed E-state index contributed by atoms with van der Waals surface area (Å²) in [6, 6.07) is 15.5. The van der Waals surface area contributed by atoms with E-state index >= 15 is 0 Å². The van der Waals surface area contributed by atoms with Gasteiger partial charge in [-0.3, -0.25) is 9.69 Å². The molecule has 3 aromatic carbocycles. The second-order valence-corrected chi connectivity index (χ2v) is 11.6. The molecule has 0 aromatic heterocycles. The lowest BCUT2D eigenvalue weighted by molar-refractivity contribution is -0.376. The van der Waals surface area contributed by atoms with Crippen LogP contribution >= 0.6 is 0 Å². The molecule has 0 bridgehead atoms. The molecule has 258 valence electrons. The molecule has 0 spiro atoms. The zero-order valence-corrected chi connectivity index (χ0v) is 25.9. The number of aliphatic hydroxyl groups is 1. The number of halogens is 6. The molecule has 2 aliphatic heterocycles. The summed E-state index contributed by atoms with van der Waals surface area (Å²) in [5.74, 6) is 0.634. The highest BCUT2D eigenvalue weighted by Gasteiger charge is 2.71. The Hall–Kier alpha value is -4.46. The van der Waals surface area contributed by atoms with Crippen LogP contribution in [0.4, 0.5) is 31.1 Å². The SMILES string of the molecule is CCC1(c2ccc3c(c2)OCCO3)NC(=O)N(CCCCOc2ccc(C(O)(C(F)(F)F)C(F)(F)F)cc2CCc2ccccc2)C1=O. The maximum Gasteiger partial charge on any atom is 0.430 e. The molecule has 0 saturated carbocycles. The van der Waals surface area contributed by atoms with Gasteiger partial charge in [0.25, 0.3) is 11.5 Å². The van der Waals surface area contributed by atoms with Gasteiger partial charge in [0.05, 0.1) is 6.61 Å². The predicted molar refractivity (Wildman–Crippen MR) is 161 cm³/mol. The molecule has 3 aromatic rings. The van der Waals surface area contributed by atoms with Crippen LogP contribution in [0.1, 0.15) is 48.4 Å². The summed E-state index contributed by atoms with van der Waals surface area (Å²) in [6.45, 7) is 2.57. The van der Waals surface area contributed by atoms with E-state index in [1.54, 1.807) is 55.5 Å². The van der Waals surface area contributed by atoms with Crippen molar-refractivity contribution in [3.8, 4) is 17.2 Å². The molecule has 0 radical (unpaired) electrons. The molecule has 2 N–H and O–H groups in total. The monoisotopic (exact) mass is 680 g/mol. The number of hydrogen-bond donors (Lipinski definition) is 2. The minimum atomic E-state index is -6.03. The van der Waals surface area contributed by atoms with Crippen LogP contribution in [-0.2, 0) is 28.8 Å². The standard InChI is InChI=1S/C34H34F6N2O6/c1-2-31(24-12-15-27-28(21-24)48-19-18-47-27)29(43)42(30(44)41-31)16-6-7-17-46-26-14-13-25(32(45,33(35,36)37)34(38,39)40)20-23(26)11-10-22-8-4-3-5-9-22/h3-5,8-9,12-15,20-21,45H,2,6-7,10-11,16-19H2,1H3,(H,41,44). The number of imide groups is 1. The second-order valence-electron chi connectivity index (χ2n) is 11.6. The number of fused-ring (bicyclic) bond motifs is 1. The lowest BCUT2D eigenvalue weighted by Crippen LogP contribution is -2.53. The van der Waals surface area contributed by atoms with Gasteiger partial charge in [0.1, 0.15) is 24.5 Å². The van der Waals surface area contributed by atoms with Crippen LogP contribution in [0.15, 0.2) is 66.7 Å². The van der Waals surface area contributed by atoms with Crippen LogP contribution in [0.5, 0.6) is 17.2 Å². The number of carbonyl (C=O) groups is 2. The Morgan fingerprint density at radius 1 is 0.875 bits per heavy atom. The number of hydrogen-bond acceptors (Lipinski definition) is 6. The molecular weight excluding hydrogens is 646 g/mol. The maximum absolute atomic E-state index is 13.6. The first-order chi connectivity index (χ1) is 22.7. The van der Waals surface area contributed by atoms with Crippen LogP contribution in [0.2, 0.25) is 0 Å². The zero-order valence-electron chi connectivity index (χ0n) is 25.9. The van der Waals surface area contributed by atoms with Crippen molar-refractivity contribution >= 4 is 11.9 Å². The summed E-state index contributed by atoms with van der Waals surface area (Å²) >= 11 is 0. The number of amides is 3. The number of nitrogens with one attached hydrogen (secondary N) is 1. The molecular formula is C34H34F6N2O6. The van der Waals surface area contributed by atoms with E-state index in [9.17, 15) is 41.0 Å². The fourth-order valence-electron chi connectivity index (χ4n) is 5.88. The Morgan fingerprint density at radius 3 is 2.23 bits per heavy atom. The molecule has 2 aliphatic rings. The molecule has 48 heavy (non-hydrogen) atoms. The van der Waals surface area contributed by atoms with Crippen LogP contribution in [0.25, 0.3) is 0 Å². The van der Waals surface area contributed by atoms with E-state index in [1.165, 1.54) is 0 Å². The first-order valence-electron chi connectivity index (χ1n) is 15.4. The summed E-state index contributed by atoms with van der Waals surface area (Å²) in [6.07, 6.45) is -10.9. The number of rotatable bonds is 12. The van der Waals surface area contributed by atoms with Crippen molar-refractivity contribution in [3.63, 3.8) is 0 Å². The van der Waals surface area contributed by atoms with Crippen molar-refractivity contribution in [1.82, 2.24) is 10.2 Å². The largest absolute Gasteiger partial charge is 0.493 e. The van der Waals surface area contributed by atoms with Gasteiger partial charge in [-0.1, -0.05) is 49.4 Å². The number of benzene rings is 3. The molecule has 5 rings (SSSR count). The van der Waals surface area contributed by atoms with Crippen molar-refractivity contribution < 1.29 is 55.2 Å². The quantitative estimate of drug-likeness (QED) is 0.128. The summed E-state index contributed by atoms with van der Waals surface area (Å²) in [5, 5.41) is 12.8. The van der Waals surface area contributed by atoms with Crippen molar-refractivity contribution in [1.29, 1.82) is 0 Å². The van der Waals surface area contributed by atoms with Crippen LogP contribution < -0.4 is 19.5 Å². The second kappa shape index (κ2) is 13.6. The van der Waals surface area contributed by atoms with Gasteiger partial charge in [0.15, 0.2) is 11.5 Å². The molecule has 0 aliphatic carbocycles. The van der Waals surface area contributed by atoms with Crippen LogP contribution in [0.3, 0.4) is 0 Å². The first kappa shape index (κ1) is 34.9. The predicted octanol–water partition coefficient (Wildman–Crippen LogP) is 6.57. The van der Waals surface area contributed by atoms with Gasteiger partial charge in [-0.15, -0.1) is 0 Å². The number of nitrogens with zero attached hydrogens (tertiary/aromatic N) is 1. The van der Waals surface area contributed by atoms with E-state index < -0.39 is 41.0 Å². The topological polar surface area (TPSA) is 97.3 Å². The lowest BCUT2D eigenvalue weighted by Gasteiger charge is -2.33. The highest BCUT2D eigenvalue weighted by molar-refractivity contribution is 6.07. The number of ether oxygens (including phenoxy) is 3. The third-order valence-electron chi connectivity index (χ3n) is 8.60. The van der Waals surface area contributed by atoms with Crippen molar-refractivity contribution in [2.24, 2.45) is 0 Å². The Labute approximate surface area is 272 Å². The lowest BCUT2D eigenvalue weighted by atomic mass is 9.87. The smallest absolute Gasteiger partial charge is 0.430 e. The number of carbonyl (C=O) groups excluding carboxylic acids is 2. The maximum atomic E-state index is 13.6. The van der Waals surface area contributed by atoms with Gasteiger partial charge >= 0.3 is 18.4 Å². The minimum Gasteiger partial charge on any atom is -0.493 e. The summed E-state index contributed by atoms with van der Waals surface area (Å²) < 4.78 is 98.6. The van der Waals surface area contributed by atoms with Gasteiger partial charge in [-0.05, 0) is 73.1 Å². The molecule has 2 heterocycles. The first-order valence-corrected chi connectivity index (χ1v) is 15.4. The molecule has 1 fully saturated rings. The van der Waals surface area contributed by atoms with Gasteiger partial charge < -0.3 is 24.6 Å². The molecule has 1 unspecified atom stereocenters. The minimum absolute atomic E-state index is 0.00871. The highest BCUT2D eigenvalue weighted by atomic mass is 19.4. The molecule has 1 atom stereocenters. The molecule has 1 saturated heterocycles. The summed E-state index contributed by atoms with van der Waals surface area (Å²) in [5.41, 5.74) is -6.35. The fraction of sp³-hybridized carbons (Fsp3) is 0.412. The summed E-state index contributed by atoms with van der Waals surface area (Å²) in [4.78, 5) is 27.6.